The molecule has 0 aromatic carbocycles. The van der Waals surface area contributed by atoms with E-state index in [0.717, 1.165) is 25.8 Å². The first-order valence-electron chi connectivity index (χ1n) is 16.0. The lowest BCUT2D eigenvalue weighted by Crippen LogP contribution is -2.37. The van der Waals surface area contributed by atoms with Gasteiger partial charge in [0.1, 0.15) is 5.78 Å². The zero-order valence-electron chi connectivity index (χ0n) is 24.1. The van der Waals surface area contributed by atoms with Gasteiger partial charge in [0.15, 0.2) is 0 Å². The topological polar surface area (TPSA) is 29.1 Å². The highest BCUT2D eigenvalue weighted by Crippen LogP contribution is 2.15. The van der Waals surface area contributed by atoms with E-state index in [0.29, 0.717) is 5.78 Å². The molecule has 0 bridgehead atoms. The Hall–Kier alpha value is -0.370. The lowest BCUT2D eigenvalue weighted by molar-refractivity contribution is -0.121. The van der Waals surface area contributed by atoms with Gasteiger partial charge in [0.25, 0.3) is 0 Å². The van der Waals surface area contributed by atoms with Gasteiger partial charge < -0.3 is 5.32 Å². The van der Waals surface area contributed by atoms with Crippen molar-refractivity contribution in [1.29, 1.82) is 0 Å². The van der Waals surface area contributed by atoms with Crippen LogP contribution in [0.25, 0.3) is 0 Å². The third-order valence-electron chi connectivity index (χ3n) is 7.43. The molecule has 0 aliphatic heterocycles. The Bertz CT molecular complexity index is 394. The number of ketones is 1. The van der Waals surface area contributed by atoms with Crippen LogP contribution in [0.4, 0.5) is 0 Å². The van der Waals surface area contributed by atoms with E-state index < -0.39 is 0 Å². The molecule has 204 valence electrons. The van der Waals surface area contributed by atoms with Gasteiger partial charge in [-0.1, -0.05) is 162 Å². The van der Waals surface area contributed by atoms with Gasteiger partial charge in [0.05, 0.1) is 6.04 Å². The summed E-state index contributed by atoms with van der Waals surface area (Å²) in [6.45, 7) is 7.87. The minimum absolute atomic E-state index is 0.120. The molecule has 0 heterocycles. The normalized spacial score (nSPS) is 12.3. The molecule has 0 radical (unpaired) electrons. The predicted molar refractivity (Wildman–Crippen MR) is 154 cm³/mol. The van der Waals surface area contributed by atoms with Crippen LogP contribution in [0.3, 0.4) is 0 Å². The monoisotopic (exact) mass is 480 g/mol. The highest BCUT2D eigenvalue weighted by molar-refractivity contribution is 5.83. The van der Waals surface area contributed by atoms with Gasteiger partial charge in [-0.2, -0.15) is 0 Å². The maximum absolute atomic E-state index is 13.0. The molecule has 1 N–H and O–H groups in total. The Balaban J connectivity index is 4.02. The fourth-order valence-electron chi connectivity index (χ4n) is 5.00. The number of rotatable bonds is 29. The van der Waals surface area contributed by atoms with Crippen molar-refractivity contribution in [2.75, 3.05) is 6.54 Å². The zero-order valence-corrected chi connectivity index (χ0v) is 24.1. The first-order valence-corrected chi connectivity index (χ1v) is 16.0. The third-order valence-corrected chi connectivity index (χ3v) is 7.43. The summed E-state index contributed by atoms with van der Waals surface area (Å²) in [5.74, 6) is 0.494. The smallest absolute Gasteiger partial charge is 0.149 e. The van der Waals surface area contributed by atoms with E-state index in [2.05, 4.69) is 26.1 Å². The second-order valence-electron chi connectivity index (χ2n) is 10.9. The first-order chi connectivity index (χ1) is 16.8. The molecule has 0 aromatic rings. The molecule has 0 saturated heterocycles. The SMILES string of the molecule is CCCCCCCCCCCC(=O)C(CCCCCCCCC)NCCCCCCCCCC. The summed E-state index contributed by atoms with van der Waals surface area (Å²) in [7, 11) is 0. The maximum atomic E-state index is 13.0. The predicted octanol–water partition coefficient (Wildman–Crippen LogP) is 10.7. The highest BCUT2D eigenvalue weighted by atomic mass is 16.1. The molecule has 0 spiro atoms. The Labute approximate surface area is 216 Å². The molecule has 0 saturated carbocycles. The summed E-state index contributed by atoms with van der Waals surface area (Å²) in [5, 5.41) is 3.67. The Morgan fingerprint density at radius 3 is 1.26 bits per heavy atom. The van der Waals surface area contributed by atoms with Crippen molar-refractivity contribution in [2.45, 2.75) is 194 Å². The van der Waals surface area contributed by atoms with Crippen LogP contribution in [0.5, 0.6) is 0 Å². The van der Waals surface area contributed by atoms with Crippen molar-refractivity contribution in [3.05, 3.63) is 0 Å². The fraction of sp³-hybridized carbons (Fsp3) is 0.969. The van der Waals surface area contributed by atoms with E-state index in [-0.39, 0.29) is 6.04 Å². The zero-order chi connectivity index (χ0) is 25.0. The quantitative estimate of drug-likeness (QED) is 0.108. The number of Topliss-reactive ketones (excluding diaryl/α,β-unsaturated/α-hetero) is 1. The molecule has 0 aliphatic rings. The Kier molecular flexibility index (Phi) is 28.6. The lowest BCUT2D eigenvalue weighted by atomic mass is 9.98. The van der Waals surface area contributed by atoms with E-state index in [1.165, 1.54) is 148 Å². The van der Waals surface area contributed by atoms with Crippen LogP contribution in [0.2, 0.25) is 0 Å². The van der Waals surface area contributed by atoms with Crippen LogP contribution in [0, 0.1) is 0 Å². The summed E-state index contributed by atoms with van der Waals surface area (Å²) in [6, 6.07) is 0.120. The minimum Gasteiger partial charge on any atom is -0.307 e. The molecule has 0 amide bonds. The van der Waals surface area contributed by atoms with E-state index in [1.807, 2.05) is 0 Å². The molecule has 0 aromatic heterocycles. The van der Waals surface area contributed by atoms with Crippen molar-refractivity contribution < 1.29 is 4.79 Å². The number of carbonyl (C=O) groups is 1. The molecule has 0 rings (SSSR count). The number of hydrogen-bond acceptors (Lipinski definition) is 2. The number of carbonyl (C=O) groups excluding carboxylic acids is 1. The minimum atomic E-state index is 0.120. The highest BCUT2D eigenvalue weighted by Gasteiger charge is 2.16. The molecule has 34 heavy (non-hydrogen) atoms. The summed E-state index contributed by atoms with van der Waals surface area (Å²) in [4.78, 5) is 13.0. The van der Waals surface area contributed by atoms with Crippen LogP contribution < -0.4 is 5.32 Å². The maximum Gasteiger partial charge on any atom is 0.149 e. The average Bonchev–Trinajstić information content (AvgIpc) is 2.84. The van der Waals surface area contributed by atoms with Crippen LogP contribution in [0.15, 0.2) is 0 Å². The van der Waals surface area contributed by atoms with Gasteiger partial charge in [-0.3, -0.25) is 4.79 Å². The van der Waals surface area contributed by atoms with Crippen LogP contribution in [-0.2, 0) is 4.79 Å². The standard InChI is InChI=1S/C32H65NO/c1-4-7-10-13-16-18-20-23-26-29-32(34)31(28-25-22-19-15-12-9-6-3)33-30-27-24-21-17-14-11-8-5-2/h31,33H,4-30H2,1-3H3. The van der Waals surface area contributed by atoms with Crippen molar-refractivity contribution >= 4 is 5.78 Å². The van der Waals surface area contributed by atoms with Crippen molar-refractivity contribution in [2.24, 2.45) is 0 Å². The number of hydrogen-bond donors (Lipinski definition) is 1. The van der Waals surface area contributed by atoms with E-state index in [1.54, 1.807) is 0 Å². The molecule has 1 atom stereocenters. The van der Waals surface area contributed by atoms with Gasteiger partial charge in [0, 0.05) is 6.42 Å². The molecule has 2 nitrogen and oxygen atoms in total. The molecule has 0 aliphatic carbocycles. The Morgan fingerprint density at radius 1 is 0.471 bits per heavy atom. The molecular formula is C32H65NO. The van der Waals surface area contributed by atoms with Crippen molar-refractivity contribution in [1.82, 2.24) is 5.32 Å². The fourth-order valence-corrected chi connectivity index (χ4v) is 5.00. The summed E-state index contributed by atoms with van der Waals surface area (Å²) >= 11 is 0. The van der Waals surface area contributed by atoms with Gasteiger partial charge in [-0.15, -0.1) is 0 Å². The van der Waals surface area contributed by atoms with Gasteiger partial charge in [0.2, 0.25) is 0 Å². The summed E-state index contributed by atoms with van der Waals surface area (Å²) in [6.07, 6.45) is 33.9. The third kappa shape index (κ3) is 24.7. The van der Waals surface area contributed by atoms with Gasteiger partial charge >= 0.3 is 0 Å². The van der Waals surface area contributed by atoms with Crippen LogP contribution in [-0.4, -0.2) is 18.4 Å². The van der Waals surface area contributed by atoms with Crippen LogP contribution in [0.1, 0.15) is 188 Å². The lowest BCUT2D eigenvalue weighted by Gasteiger charge is -2.18. The first kappa shape index (κ1) is 33.6. The molecule has 0 fully saturated rings. The van der Waals surface area contributed by atoms with Gasteiger partial charge in [-0.05, 0) is 25.8 Å². The largest absolute Gasteiger partial charge is 0.307 e. The van der Waals surface area contributed by atoms with E-state index in [9.17, 15) is 4.79 Å². The molecular weight excluding hydrogens is 414 g/mol. The van der Waals surface area contributed by atoms with Gasteiger partial charge in [-0.25, -0.2) is 0 Å². The summed E-state index contributed by atoms with van der Waals surface area (Å²) in [5.41, 5.74) is 0. The number of nitrogens with one attached hydrogen (secondary N) is 1. The molecule has 1 unspecified atom stereocenters. The average molecular weight is 480 g/mol. The van der Waals surface area contributed by atoms with Crippen LogP contribution >= 0.6 is 0 Å². The second kappa shape index (κ2) is 28.9. The van der Waals surface area contributed by atoms with E-state index >= 15 is 0 Å². The van der Waals surface area contributed by atoms with E-state index in [4.69, 9.17) is 0 Å². The summed E-state index contributed by atoms with van der Waals surface area (Å²) < 4.78 is 0. The number of unbranched alkanes of at least 4 members (excludes halogenated alkanes) is 21. The van der Waals surface area contributed by atoms with Crippen molar-refractivity contribution in [3.8, 4) is 0 Å². The van der Waals surface area contributed by atoms with Crippen molar-refractivity contribution in [3.63, 3.8) is 0 Å². The molecule has 2 heteroatoms. The second-order valence-corrected chi connectivity index (χ2v) is 10.9. The Morgan fingerprint density at radius 2 is 0.824 bits per heavy atom.